The summed E-state index contributed by atoms with van der Waals surface area (Å²) in [4.78, 5) is 2.33. The maximum absolute atomic E-state index is 12.2. The van der Waals surface area contributed by atoms with Gasteiger partial charge in [0.15, 0.2) is 0 Å². The summed E-state index contributed by atoms with van der Waals surface area (Å²) < 4.78 is 48.5. The van der Waals surface area contributed by atoms with E-state index in [1.807, 2.05) is 24.3 Å². The molecule has 2 N–H and O–H groups in total. The third-order valence-corrected chi connectivity index (χ3v) is 8.50. The number of unbranched alkanes of at least 4 members (excludes halogenated alkanes) is 3. The molecule has 0 heterocycles. The molecular weight excluding hydrogens is 547 g/mol. The summed E-state index contributed by atoms with van der Waals surface area (Å²) in [5.41, 5.74) is 8.44. The first kappa shape index (κ1) is 32.7. The van der Waals surface area contributed by atoms with Gasteiger partial charge < -0.3 is 15.1 Å². The Morgan fingerprint density at radius 3 is 2.49 bits per heavy atom. The van der Waals surface area contributed by atoms with Gasteiger partial charge in [-0.2, -0.15) is 13.2 Å². The Hall–Kier alpha value is -2.80. The molecule has 0 saturated heterocycles. The highest BCUT2D eigenvalue weighted by atomic mass is 32.2. The van der Waals surface area contributed by atoms with Crippen molar-refractivity contribution >= 4 is 21.9 Å². The van der Waals surface area contributed by atoms with E-state index in [2.05, 4.69) is 23.6 Å². The Morgan fingerprint density at radius 2 is 1.73 bits per heavy atom. The van der Waals surface area contributed by atoms with Crippen molar-refractivity contribution in [2.45, 2.75) is 77.3 Å². The molecule has 1 unspecified atom stereocenters. The van der Waals surface area contributed by atoms with Crippen LogP contribution in [-0.2, 0) is 17.2 Å². The highest BCUT2D eigenvalue weighted by molar-refractivity contribution is 7.87. The molecule has 224 valence electrons. The standard InChI is InChI=1S/C33H42F3NO3S/c1-2-37(21-11-23-41(40)22-8-6-19-33(34,35)36)20-7-4-3-5-15-32-30(26-12-9-14-28(38)24-26)16-10-13-27-25-29(39)17-18-31(27)32/h6,9,12,14,17-18,22,24-25,38-39H,2-5,7,10-11,13,15-16,19-21,23H2,1H3. The van der Waals surface area contributed by atoms with E-state index in [-0.39, 0.29) is 5.75 Å². The van der Waals surface area contributed by atoms with Gasteiger partial charge in [-0.05, 0) is 123 Å². The molecule has 41 heavy (non-hydrogen) atoms. The number of hydrogen-bond acceptors (Lipinski definition) is 4. The van der Waals surface area contributed by atoms with Gasteiger partial charge in [0.2, 0.25) is 0 Å². The third-order valence-electron chi connectivity index (χ3n) is 7.41. The highest BCUT2D eigenvalue weighted by Gasteiger charge is 2.24. The lowest BCUT2D eigenvalue weighted by Gasteiger charge is -2.20. The van der Waals surface area contributed by atoms with Crippen LogP contribution in [0.3, 0.4) is 0 Å². The van der Waals surface area contributed by atoms with Gasteiger partial charge >= 0.3 is 6.18 Å². The molecule has 1 atom stereocenters. The van der Waals surface area contributed by atoms with Crippen molar-refractivity contribution in [1.29, 1.82) is 0 Å². The lowest BCUT2D eigenvalue weighted by molar-refractivity contribution is -0.124. The summed E-state index contributed by atoms with van der Waals surface area (Å²) in [5.74, 6) is 0.981. The fraction of sp³-hybridized carbons (Fsp3) is 0.485. The molecule has 1 aliphatic carbocycles. The number of hydrogen-bond donors (Lipinski definition) is 2. The van der Waals surface area contributed by atoms with Crippen molar-refractivity contribution < 1.29 is 27.6 Å². The monoisotopic (exact) mass is 589 g/mol. The van der Waals surface area contributed by atoms with Crippen LogP contribution in [0.15, 0.2) is 59.7 Å². The zero-order chi connectivity index (χ0) is 29.7. The van der Waals surface area contributed by atoms with E-state index < -0.39 is 23.4 Å². The zero-order valence-electron chi connectivity index (χ0n) is 23.9. The minimum atomic E-state index is -4.26. The number of nitrogens with zero attached hydrogens (tertiary/aromatic N) is 1. The van der Waals surface area contributed by atoms with Gasteiger partial charge in [0.05, 0.1) is 17.2 Å². The van der Waals surface area contributed by atoms with Crippen molar-refractivity contribution in [3.63, 3.8) is 0 Å². The van der Waals surface area contributed by atoms with Gasteiger partial charge in [-0.3, -0.25) is 4.21 Å². The van der Waals surface area contributed by atoms with Gasteiger partial charge in [0, 0.05) is 11.2 Å². The normalized spacial score (nSPS) is 14.4. The van der Waals surface area contributed by atoms with Crippen LogP contribution in [0.1, 0.15) is 81.4 Å². The SMILES string of the molecule is CCN(CCCCCCC1=C(c2cccc(O)c2)CCCc2cc(O)ccc21)CCCS(=O)C=C=CCC(F)(F)F. The maximum Gasteiger partial charge on any atom is 0.393 e. The number of aromatic hydroxyl groups is 2. The van der Waals surface area contributed by atoms with Gasteiger partial charge in [0.1, 0.15) is 11.5 Å². The average molecular weight is 590 g/mol. The summed E-state index contributed by atoms with van der Waals surface area (Å²) in [6, 6.07) is 13.2. The fourth-order valence-electron chi connectivity index (χ4n) is 5.35. The van der Waals surface area contributed by atoms with Crippen LogP contribution in [0.4, 0.5) is 13.2 Å². The zero-order valence-corrected chi connectivity index (χ0v) is 24.7. The summed E-state index contributed by atoms with van der Waals surface area (Å²) in [7, 11) is -1.31. The summed E-state index contributed by atoms with van der Waals surface area (Å²) in [5, 5.41) is 21.4. The molecule has 0 fully saturated rings. The molecular formula is C33H42F3NO3S. The Kier molecular flexibility index (Phi) is 13.2. The number of fused-ring (bicyclic) bond motifs is 1. The third kappa shape index (κ3) is 11.5. The van der Waals surface area contributed by atoms with Crippen LogP contribution in [0.2, 0.25) is 0 Å². The van der Waals surface area contributed by atoms with Crippen LogP contribution in [-0.4, -0.2) is 50.9 Å². The van der Waals surface area contributed by atoms with Crippen LogP contribution in [0.25, 0.3) is 11.1 Å². The number of rotatable bonds is 15. The maximum atomic E-state index is 12.2. The van der Waals surface area contributed by atoms with Crippen LogP contribution in [0, 0.1) is 0 Å². The molecule has 1 aliphatic rings. The number of phenolic OH excluding ortho intramolecular Hbond substituents is 2. The van der Waals surface area contributed by atoms with E-state index in [0.717, 1.165) is 89.1 Å². The summed E-state index contributed by atoms with van der Waals surface area (Å²) >= 11 is 0. The van der Waals surface area contributed by atoms with Crippen LogP contribution >= 0.6 is 0 Å². The average Bonchev–Trinajstić information content (AvgIpc) is 3.10. The first-order valence-corrected chi connectivity index (χ1v) is 16.0. The summed E-state index contributed by atoms with van der Waals surface area (Å²) in [6.07, 6.45) is 4.39. The number of phenols is 2. The Morgan fingerprint density at radius 1 is 0.976 bits per heavy atom. The van der Waals surface area contributed by atoms with E-state index in [0.29, 0.717) is 11.5 Å². The molecule has 2 aromatic carbocycles. The van der Waals surface area contributed by atoms with Crippen molar-refractivity contribution in [2.24, 2.45) is 0 Å². The molecule has 0 saturated carbocycles. The predicted molar refractivity (Wildman–Crippen MR) is 162 cm³/mol. The number of allylic oxidation sites excluding steroid dienone is 3. The quantitative estimate of drug-likeness (QED) is 0.162. The topological polar surface area (TPSA) is 60.8 Å². The van der Waals surface area contributed by atoms with Gasteiger partial charge in [0.25, 0.3) is 0 Å². The molecule has 0 amide bonds. The lowest BCUT2D eigenvalue weighted by Crippen LogP contribution is -2.26. The second kappa shape index (κ2) is 16.6. The van der Waals surface area contributed by atoms with Crippen molar-refractivity contribution in [1.82, 2.24) is 4.90 Å². The van der Waals surface area contributed by atoms with E-state index in [1.54, 1.807) is 12.1 Å². The largest absolute Gasteiger partial charge is 0.508 e. The minimum absolute atomic E-state index is 0.269. The van der Waals surface area contributed by atoms with Crippen LogP contribution in [0.5, 0.6) is 11.5 Å². The molecule has 2 aromatic rings. The number of aryl methyl sites for hydroxylation is 1. The lowest BCUT2D eigenvalue weighted by atomic mass is 9.89. The molecule has 3 rings (SSSR count). The predicted octanol–water partition coefficient (Wildman–Crippen LogP) is 8.38. The van der Waals surface area contributed by atoms with E-state index in [1.165, 1.54) is 27.7 Å². The first-order chi connectivity index (χ1) is 19.7. The molecule has 0 spiro atoms. The Balaban J connectivity index is 1.48. The van der Waals surface area contributed by atoms with Gasteiger partial charge in [-0.15, -0.1) is 5.73 Å². The van der Waals surface area contributed by atoms with Gasteiger partial charge in [-0.25, -0.2) is 0 Å². The molecule has 0 radical (unpaired) electrons. The second-order valence-corrected chi connectivity index (χ2v) is 12.0. The highest BCUT2D eigenvalue weighted by Crippen LogP contribution is 2.40. The fourth-order valence-corrected chi connectivity index (χ4v) is 6.13. The minimum Gasteiger partial charge on any atom is -0.508 e. The second-order valence-electron chi connectivity index (χ2n) is 10.5. The van der Waals surface area contributed by atoms with Crippen molar-refractivity contribution in [2.75, 3.05) is 25.4 Å². The molecule has 4 nitrogen and oxygen atoms in total. The first-order valence-electron chi connectivity index (χ1n) is 14.6. The van der Waals surface area contributed by atoms with E-state index in [4.69, 9.17) is 0 Å². The Labute approximate surface area is 244 Å². The molecule has 8 heteroatoms. The summed E-state index contributed by atoms with van der Waals surface area (Å²) in [6.45, 7) is 4.78. The molecule has 0 bridgehead atoms. The number of halogens is 3. The molecule has 0 aliphatic heterocycles. The van der Waals surface area contributed by atoms with Crippen molar-refractivity contribution in [3.05, 3.63) is 76.4 Å². The van der Waals surface area contributed by atoms with Crippen molar-refractivity contribution in [3.8, 4) is 11.5 Å². The number of benzene rings is 2. The van der Waals surface area contributed by atoms with Crippen LogP contribution < -0.4 is 0 Å². The smallest absolute Gasteiger partial charge is 0.393 e. The Bertz CT molecular complexity index is 1250. The number of alkyl halides is 3. The van der Waals surface area contributed by atoms with E-state index >= 15 is 0 Å². The van der Waals surface area contributed by atoms with E-state index in [9.17, 15) is 27.6 Å². The molecule has 0 aromatic heterocycles. The van der Waals surface area contributed by atoms with Gasteiger partial charge in [-0.1, -0.05) is 38.0 Å².